The van der Waals surface area contributed by atoms with Gasteiger partial charge in [-0.05, 0) is 37.3 Å². The van der Waals surface area contributed by atoms with Crippen molar-refractivity contribution in [3.63, 3.8) is 0 Å². The van der Waals surface area contributed by atoms with Crippen molar-refractivity contribution < 1.29 is 9.90 Å². The van der Waals surface area contributed by atoms with Crippen molar-refractivity contribution in [1.29, 1.82) is 5.26 Å². The molecule has 0 spiro atoms. The van der Waals surface area contributed by atoms with Gasteiger partial charge in [0.05, 0.1) is 5.56 Å². The maximum Gasteiger partial charge on any atom is 0.322 e. The lowest BCUT2D eigenvalue weighted by Crippen LogP contribution is -2.16. The Labute approximate surface area is 99.1 Å². The summed E-state index contributed by atoms with van der Waals surface area (Å²) in [6.07, 6.45) is 4.09. The number of aryl methyl sites for hydroxylation is 2. The van der Waals surface area contributed by atoms with E-state index in [1.165, 1.54) is 0 Å². The van der Waals surface area contributed by atoms with Gasteiger partial charge < -0.3 is 10.4 Å². The highest BCUT2D eigenvalue weighted by atomic mass is 16.4. The number of nitrogens with zero attached hydrogens (tertiary/aromatic N) is 2. The molecule has 0 saturated carbocycles. The molecule has 5 heteroatoms. The van der Waals surface area contributed by atoms with Gasteiger partial charge in [-0.2, -0.15) is 5.26 Å². The van der Waals surface area contributed by atoms with Gasteiger partial charge in [0, 0.05) is 5.69 Å². The second kappa shape index (κ2) is 4.83. The molecule has 0 fully saturated rings. The molecule has 1 aromatic rings. The summed E-state index contributed by atoms with van der Waals surface area (Å²) < 4.78 is 0. The fourth-order valence-corrected chi connectivity index (χ4v) is 2.01. The van der Waals surface area contributed by atoms with Crippen LogP contribution in [-0.4, -0.2) is 22.6 Å². The van der Waals surface area contributed by atoms with Gasteiger partial charge in [0.2, 0.25) is 0 Å². The van der Waals surface area contributed by atoms with Crippen LogP contribution in [0.2, 0.25) is 0 Å². The molecule has 0 aromatic carbocycles. The molecule has 1 heterocycles. The largest absolute Gasteiger partial charge is 0.480 e. The summed E-state index contributed by atoms with van der Waals surface area (Å²) in [5.74, 6) is -0.580. The second-order valence-corrected chi connectivity index (χ2v) is 4.06. The summed E-state index contributed by atoms with van der Waals surface area (Å²) in [4.78, 5) is 14.8. The zero-order valence-electron chi connectivity index (χ0n) is 9.36. The summed E-state index contributed by atoms with van der Waals surface area (Å²) in [5, 5.41) is 20.3. The number of nitrogens with one attached hydrogen (secondary N) is 1. The van der Waals surface area contributed by atoms with E-state index in [0.29, 0.717) is 11.4 Å². The summed E-state index contributed by atoms with van der Waals surface area (Å²) in [6.45, 7) is -0.222. The third-order valence-corrected chi connectivity index (χ3v) is 2.83. The Kier molecular flexibility index (Phi) is 3.24. The number of nitriles is 1. The fraction of sp³-hybridized carbons (Fsp3) is 0.417. The van der Waals surface area contributed by atoms with E-state index < -0.39 is 5.97 Å². The van der Waals surface area contributed by atoms with Crippen LogP contribution in [0.4, 0.5) is 5.82 Å². The van der Waals surface area contributed by atoms with Crippen molar-refractivity contribution in [2.75, 3.05) is 11.9 Å². The van der Waals surface area contributed by atoms with E-state index in [0.717, 1.165) is 36.9 Å². The van der Waals surface area contributed by atoms with Gasteiger partial charge >= 0.3 is 5.97 Å². The predicted octanol–water partition coefficient (Wildman–Crippen LogP) is 1.33. The second-order valence-electron chi connectivity index (χ2n) is 4.06. The number of anilines is 1. The first-order valence-corrected chi connectivity index (χ1v) is 5.59. The zero-order valence-corrected chi connectivity index (χ0v) is 9.36. The number of carboxylic acids is 1. The van der Waals surface area contributed by atoms with Crippen LogP contribution < -0.4 is 5.32 Å². The Morgan fingerprint density at radius 3 is 3.00 bits per heavy atom. The van der Waals surface area contributed by atoms with Crippen molar-refractivity contribution >= 4 is 11.8 Å². The lowest BCUT2D eigenvalue weighted by atomic mass is 9.95. The van der Waals surface area contributed by atoms with E-state index in [9.17, 15) is 4.79 Å². The van der Waals surface area contributed by atoms with E-state index in [4.69, 9.17) is 10.4 Å². The monoisotopic (exact) mass is 231 g/mol. The van der Waals surface area contributed by atoms with Crippen molar-refractivity contribution in [2.45, 2.75) is 25.7 Å². The average Bonchev–Trinajstić information content (AvgIpc) is 2.35. The predicted molar refractivity (Wildman–Crippen MR) is 61.7 cm³/mol. The first-order chi connectivity index (χ1) is 8.20. The van der Waals surface area contributed by atoms with E-state index in [1.807, 2.05) is 6.07 Å². The van der Waals surface area contributed by atoms with E-state index >= 15 is 0 Å². The van der Waals surface area contributed by atoms with Crippen LogP contribution in [0, 0.1) is 11.3 Å². The van der Waals surface area contributed by atoms with Crippen molar-refractivity contribution in [3.8, 4) is 6.07 Å². The molecule has 88 valence electrons. The van der Waals surface area contributed by atoms with Crippen LogP contribution in [0.15, 0.2) is 6.07 Å². The van der Waals surface area contributed by atoms with Gasteiger partial charge in [-0.15, -0.1) is 0 Å². The molecule has 5 nitrogen and oxygen atoms in total. The summed E-state index contributed by atoms with van der Waals surface area (Å²) >= 11 is 0. The van der Waals surface area contributed by atoms with E-state index in [1.54, 1.807) is 0 Å². The van der Waals surface area contributed by atoms with Crippen LogP contribution in [0.1, 0.15) is 29.7 Å². The third-order valence-electron chi connectivity index (χ3n) is 2.83. The first-order valence-electron chi connectivity index (χ1n) is 5.59. The number of aromatic nitrogens is 1. The lowest BCUT2D eigenvalue weighted by Gasteiger charge is -2.16. The van der Waals surface area contributed by atoms with Gasteiger partial charge in [0.15, 0.2) is 0 Å². The van der Waals surface area contributed by atoms with Gasteiger partial charge in [0.25, 0.3) is 0 Å². The highest BCUT2D eigenvalue weighted by Crippen LogP contribution is 2.24. The highest BCUT2D eigenvalue weighted by Gasteiger charge is 2.15. The summed E-state index contributed by atoms with van der Waals surface area (Å²) in [5.41, 5.74) is 2.53. The molecular weight excluding hydrogens is 218 g/mol. The maximum absolute atomic E-state index is 10.5. The molecule has 2 N–H and O–H groups in total. The molecule has 2 rings (SSSR count). The van der Waals surface area contributed by atoms with E-state index in [2.05, 4.69) is 16.4 Å². The number of pyridine rings is 1. The Bertz CT molecular complexity index is 491. The van der Waals surface area contributed by atoms with Crippen molar-refractivity contribution in [2.24, 2.45) is 0 Å². The molecule has 0 saturated heterocycles. The van der Waals surface area contributed by atoms with Gasteiger partial charge in [-0.25, -0.2) is 4.98 Å². The number of fused-ring (bicyclic) bond motifs is 1. The molecule has 0 aliphatic heterocycles. The summed E-state index contributed by atoms with van der Waals surface area (Å²) in [7, 11) is 0. The van der Waals surface area contributed by atoms with Crippen LogP contribution in [0.5, 0.6) is 0 Å². The van der Waals surface area contributed by atoms with Gasteiger partial charge in [-0.3, -0.25) is 4.79 Å². The first kappa shape index (κ1) is 11.4. The van der Waals surface area contributed by atoms with Crippen LogP contribution in [-0.2, 0) is 17.6 Å². The van der Waals surface area contributed by atoms with Crippen molar-refractivity contribution in [1.82, 2.24) is 4.98 Å². The minimum atomic E-state index is -0.964. The Balaban J connectivity index is 2.30. The molecule has 1 aliphatic rings. The highest BCUT2D eigenvalue weighted by molar-refractivity contribution is 5.73. The topological polar surface area (TPSA) is 86.0 Å². The van der Waals surface area contributed by atoms with Crippen LogP contribution in [0.3, 0.4) is 0 Å². The molecule has 1 aromatic heterocycles. The number of carboxylic acid groups (broad SMARTS) is 1. The SMILES string of the molecule is N#Cc1cc2c(nc1NCC(=O)O)CCCC2. The van der Waals surface area contributed by atoms with Crippen LogP contribution in [0.25, 0.3) is 0 Å². The number of aliphatic carboxylic acids is 1. The third kappa shape index (κ3) is 2.53. The Morgan fingerprint density at radius 2 is 2.29 bits per heavy atom. The smallest absolute Gasteiger partial charge is 0.322 e. The van der Waals surface area contributed by atoms with Gasteiger partial charge in [0.1, 0.15) is 18.4 Å². The Morgan fingerprint density at radius 1 is 1.53 bits per heavy atom. The molecule has 1 aliphatic carbocycles. The van der Waals surface area contributed by atoms with Gasteiger partial charge in [-0.1, -0.05) is 0 Å². The molecule has 0 atom stereocenters. The average molecular weight is 231 g/mol. The number of hydrogen-bond donors (Lipinski definition) is 2. The normalized spacial score (nSPS) is 13.6. The maximum atomic E-state index is 10.5. The fourth-order valence-electron chi connectivity index (χ4n) is 2.01. The molecular formula is C12H13N3O2. The standard InChI is InChI=1S/C12H13N3O2/c13-6-9-5-8-3-1-2-4-10(8)15-12(9)14-7-11(16)17/h5H,1-4,7H2,(H,14,15)(H,16,17). The zero-order chi connectivity index (χ0) is 12.3. The molecule has 0 bridgehead atoms. The molecule has 0 amide bonds. The minimum Gasteiger partial charge on any atom is -0.480 e. The van der Waals surface area contributed by atoms with Crippen molar-refractivity contribution in [3.05, 3.63) is 22.9 Å². The summed E-state index contributed by atoms with van der Waals surface area (Å²) in [6, 6.07) is 3.88. The Hall–Kier alpha value is -2.09. The van der Waals surface area contributed by atoms with E-state index in [-0.39, 0.29) is 6.54 Å². The minimum absolute atomic E-state index is 0.222. The quantitative estimate of drug-likeness (QED) is 0.819. The number of hydrogen-bond acceptors (Lipinski definition) is 4. The molecule has 0 unspecified atom stereocenters. The lowest BCUT2D eigenvalue weighted by molar-refractivity contribution is -0.134. The number of rotatable bonds is 3. The number of carbonyl (C=O) groups is 1. The molecule has 17 heavy (non-hydrogen) atoms. The van der Waals surface area contributed by atoms with Crippen LogP contribution >= 0.6 is 0 Å². The molecule has 0 radical (unpaired) electrons.